The predicted octanol–water partition coefficient (Wildman–Crippen LogP) is 1.73. The van der Waals surface area contributed by atoms with Crippen LogP contribution in [0.1, 0.15) is 23.2 Å². The minimum atomic E-state index is 0.0219. The van der Waals surface area contributed by atoms with Crippen molar-refractivity contribution in [3.8, 4) is 0 Å². The first kappa shape index (κ1) is 14.0. The highest BCUT2D eigenvalue weighted by atomic mass is 16.5. The average Bonchev–Trinajstić information content (AvgIpc) is 3.00. The molecule has 0 unspecified atom stereocenters. The van der Waals surface area contributed by atoms with Crippen molar-refractivity contribution in [2.24, 2.45) is 0 Å². The fourth-order valence-corrected chi connectivity index (χ4v) is 2.64. The summed E-state index contributed by atoms with van der Waals surface area (Å²) in [6.07, 6.45) is 1.81. The zero-order valence-electron chi connectivity index (χ0n) is 12.5. The van der Waals surface area contributed by atoms with Gasteiger partial charge in [-0.05, 0) is 25.1 Å². The second-order valence-corrected chi connectivity index (χ2v) is 5.35. The first-order valence-electron chi connectivity index (χ1n) is 7.23. The lowest BCUT2D eigenvalue weighted by molar-refractivity contribution is -0.0353. The van der Waals surface area contributed by atoms with Crippen molar-refractivity contribution in [1.29, 1.82) is 0 Å². The van der Waals surface area contributed by atoms with E-state index < -0.39 is 0 Å². The van der Waals surface area contributed by atoms with Crippen molar-refractivity contribution in [3.63, 3.8) is 0 Å². The van der Waals surface area contributed by atoms with E-state index in [1.165, 1.54) is 0 Å². The van der Waals surface area contributed by atoms with Crippen molar-refractivity contribution < 1.29 is 4.74 Å². The molecule has 2 aromatic rings. The predicted molar refractivity (Wildman–Crippen MR) is 81.1 cm³/mol. The van der Waals surface area contributed by atoms with Gasteiger partial charge in [0.25, 0.3) is 0 Å². The first-order valence-corrected chi connectivity index (χ1v) is 7.23. The maximum absolute atomic E-state index is 5.91. The molecule has 21 heavy (non-hydrogen) atoms. The molecule has 0 bridgehead atoms. The highest BCUT2D eigenvalue weighted by molar-refractivity contribution is 5.45. The molecule has 1 aliphatic rings. The molecule has 1 atom stereocenters. The average molecular weight is 287 g/mol. The van der Waals surface area contributed by atoms with Crippen molar-refractivity contribution in [2.45, 2.75) is 19.6 Å². The van der Waals surface area contributed by atoms with Crippen molar-refractivity contribution in [2.75, 3.05) is 32.1 Å². The minimum absolute atomic E-state index is 0.0219. The van der Waals surface area contributed by atoms with Crippen LogP contribution >= 0.6 is 0 Å². The summed E-state index contributed by atoms with van der Waals surface area (Å²) < 4.78 is 5.91. The van der Waals surface area contributed by atoms with Gasteiger partial charge in [0.05, 0.1) is 12.3 Å². The summed E-state index contributed by atoms with van der Waals surface area (Å²) in [7, 11) is 1.92. The van der Waals surface area contributed by atoms with E-state index in [1.54, 1.807) is 6.20 Å². The maximum atomic E-state index is 5.91. The third kappa shape index (κ3) is 3.40. The number of rotatable bonds is 4. The van der Waals surface area contributed by atoms with Crippen LogP contribution < -0.4 is 5.32 Å². The standard InChI is InChI=1S/C15H21N5O/c1-11-7-13(16-2)8-14(18-11)15-10-20(5-6-21-15)9-12-3-4-17-19-12/h3-4,7-8,15H,5-6,9-10H2,1-2H3,(H,16,18)(H,17,19)/t15-/m0/s1. The fraction of sp³-hybridized carbons (Fsp3) is 0.467. The summed E-state index contributed by atoms with van der Waals surface area (Å²) in [5, 5.41) is 10.2. The molecule has 3 heterocycles. The zero-order valence-corrected chi connectivity index (χ0v) is 12.5. The Hall–Kier alpha value is -1.92. The number of aromatic nitrogens is 3. The summed E-state index contributed by atoms with van der Waals surface area (Å²) in [6.45, 7) is 5.38. The number of aromatic amines is 1. The Balaban J connectivity index is 1.72. The smallest absolute Gasteiger partial charge is 0.112 e. The molecule has 2 N–H and O–H groups in total. The van der Waals surface area contributed by atoms with Gasteiger partial charge in [0.2, 0.25) is 0 Å². The minimum Gasteiger partial charge on any atom is -0.388 e. The van der Waals surface area contributed by atoms with Crippen LogP contribution in [-0.2, 0) is 11.3 Å². The monoisotopic (exact) mass is 287 g/mol. The summed E-state index contributed by atoms with van der Waals surface area (Å²) >= 11 is 0. The molecular formula is C15H21N5O. The van der Waals surface area contributed by atoms with Crippen LogP contribution in [0.2, 0.25) is 0 Å². The van der Waals surface area contributed by atoms with Crippen LogP contribution in [0.5, 0.6) is 0 Å². The summed E-state index contributed by atoms with van der Waals surface area (Å²) in [6, 6.07) is 6.11. The van der Waals surface area contributed by atoms with Crippen LogP contribution in [0.3, 0.4) is 0 Å². The fourth-order valence-electron chi connectivity index (χ4n) is 2.64. The van der Waals surface area contributed by atoms with Crippen LogP contribution in [0.4, 0.5) is 5.69 Å². The Morgan fingerprint density at radius 1 is 1.48 bits per heavy atom. The Labute approximate surface area is 124 Å². The maximum Gasteiger partial charge on any atom is 0.112 e. The van der Waals surface area contributed by atoms with Gasteiger partial charge in [-0.25, -0.2) is 0 Å². The van der Waals surface area contributed by atoms with E-state index in [0.29, 0.717) is 0 Å². The lowest BCUT2D eigenvalue weighted by atomic mass is 10.1. The van der Waals surface area contributed by atoms with E-state index in [-0.39, 0.29) is 6.10 Å². The molecular weight excluding hydrogens is 266 g/mol. The Kier molecular flexibility index (Phi) is 4.17. The molecule has 3 rings (SSSR count). The van der Waals surface area contributed by atoms with Crippen molar-refractivity contribution in [1.82, 2.24) is 20.1 Å². The van der Waals surface area contributed by atoms with E-state index in [2.05, 4.69) is 31.5 Å². The molecule has 1 saturated heterocycles. The summed E-state index contributed by atoms with van der Waals surface area (Å²) in [4.78, 5) is 6.99. The molecule has 6 nitrogen and oxygen atoms in total. The largest absolute Gasteiger partial charge is 0.388 e. The third-order valence-electron chi connectivity index (χ3n) is 3.69. The summed E-state index contributed by atoms with van der Waals surface area (Å²) in [5.41, 5.74) is 4.20. The molecule has 0 radical (unpaired) electrons. The molecule has 0 saturated carbocycles. The topological polar surface area (TPSA) is 66.1 Å². The van der Waals surface area contributed by atoms with Crippen LogP contribution in [0.15, 0.2) is 24.4 Å². The molecule has 0 aliphatic carbocycles. The molecule has 6 heteroatoms. The highest BCUT2D eigenvalue weighted by Gasteiger charge is 2.23. The lowest BCUT2D eigenvalue weighted by Gasteiger charge is -2.32. The lowest BCUT2D eigenvalue weighted by Crippen LogP contribution is -2.38. The second kappa shape index (κ2) is 6.24. The van der Waals surface area contributed by atoms with Crippen molar-refractivity contribution >= 4 is 5.69 Å². The van der Waals surface area contributed by atoms with Crippen LogP contribution in [-0.4, -0.2) is 46.8 Å². The molecule has 1 fully saturated rings. The number of nitrogens with one attached hydrogen (secondary N) is 2. The van der Waals surface area contributed by atoms with Gasteiger partial charge in [0.1, 0.15) is 6.10 Å². The quantitative estimate of drug-likeness (QED) is 0.896. The third-order valence-corrected chi connectivity index (χ3v) is 3.69. The van der Waals surface area contributed by atoms with Crippen LogP contribution in [0.25, 0.3) is 0 Å². The van der Waals surface area contributed by atoms with E-state index in [1.807, 2.05) is 26.1 Å². The number of pyridine rings is 1. The normalized spacial score (nSPS) is 19.6. The highest BCUT2D eigenvalue weighted by Crippen LogP contribution is 2.24. The van der Waals surface area contributed by atoms with E-state index >= 15 is 0 Å². The summed E-state index contributed by atoms with van der Waals surface area (Å²) in [5.74, 6) is 0. The number of nitrogens with zero attached hydrogens (tertiary/aromatic N) is 3. The number of hydrogen-bond acceptors (Lipinski definition) is 5. The van der Waals surface area contributed by atoms with Gasteiger partial charge in [-0.15, -0.1) is 0 Å². The van der Waals surface area contributed by atoms with Crippen molar-refractivity contribution in [3.05, 3.63) is 41.5 Å². The molecule has 1 aliphatic heterocycles. The Morgan fingerprint density at radius 3 is 3.14 bits per heavy atom. The Bertz CT molecular complexity index is 584. The molecule has 0 aromatic carbocycles. The van der Waals surface area contributed by atoms with Gasteiger partial charge >= 0.3 is 0 Å². The van der Waals surface area contributed by atoms with E-state index in [9.17, 15) is 0 Å². The second-order valence-electron chi connectivity index (χ2n) is 5.35. The molecule has 2 aromatic heterocycles. The van der Waals surface area contributed by atoms with Crippen LogP contribution in [0, 0.1) is 6.92 Å². The van der Waals surface area contributed by atoms with Gasteiger partial charge in [0, 0.05) is 50.0 Å². The van der Waals surface area contributed by atoms with Gasteiger partial charge in [-0.2, -0.15) is 5.10 Å². The number of anilines is 1. The van der Waals surface area contributed by atoms with Gasteiger partial charge in [-0.3, -0.25) is 15.0 Å². The number of aryl methyl sites for hydroxylation is 1. The Morgan fingerprint density at radius 2 is 2.38 bits per heavy atom. The van der Waals surface area contributed by atoms with E-state index in [4.69, 9.17) is 4.74 Å². The van der Waals surface area contributed by atoms with Gasteiger partial charge < -0.3 is 10.1 Å². The van der Waals surface area contributed by atoms with E-state index in [0.717, 1.165) is 49.0 Å². The molecule has 0 amide bonds. The SMILES string of the molecule is CNc1cc(C)nc([C@@H]2CN(Cc3ccn[nH]3)CCO2)c1. The number of morpholine rings is 1. The molecule has 0 spiro atoms. The van der Waals surface area contributed by atoms with Gasteiger partial charge in [0.15, 0.2) is 0 Å². The zero-order chi connectivity index (χ0) is 14.7. The number of ether oxygens (including phenoxy) is 1. The number of H-pyrrole nitrogens is 1. The number of hydrogen-bond donors (Lipinski definition) is 2. The first-order chi connectivity index (χ1) is 10.2. The van der Waals surface area contributed by atoms with Gasteiger partial charge in [-0.1, -0.05) is 0 Å². The molecule has 112 valence electrons.